The Balaban J connectivity index is 1.83. The van der Waals surface area contributed by atoms with Crippen LogP contribution in [0.2, 0.25) is 0 Å². The van der Waals surface area contributed by atoms with Gasteiger partial charge in [-0.1, -0.05) is 12.1 Å². The van der Waals surface area contributed by atoms with Gasteiger partial charge in [-0.05, 0) is 30.6 Å². The van der Waals surface area contributed by atoms with Crippen LogP contribution in [0.25, 0.3) is 0 Å². The van der Waals surface area contributed by atoms with Crippen LogP contribution in [-0.2, 0) is 6.54 Å². The molecule has 2 rings (SSSR count). The summed E-state index contributed by atoms with van der Waals surface area (Å²) < 4.78 is 7.35. The van der Waals surface area contributed by atoms with E-state index in [1.807, 2.05) is 23.9 Å². The van der Waals surface area contributed by atoms with Crippen molar-refractivity contribution >= 4 is 12.6 Å². The molecule has 0 aliphatic carbocycles. The average Bonchev–Trinajstić information content (AvgIpc) is 2.76. The molecule has 1 aromatic carbocycles. The molecule has 0 aliphatic heterocycles. The fourth-order valence-electron chi connectivity index (χ4n) is 1.58. The zero-order valence-electron chi connectivity index (χ0n) is 10.2. The third kappa shape index (κ3) is 3.35. The number of benzene rings is 1. The molecule has 5 nitrogen and oxygen atoms in total. The highest BCUT2D eigenvalue weighted by Crippen LogP contribution is 2.07. The quantitative estimate of drug-likeness (QED) is 0.726. The largest absolute Gasteiger partial charge is 0.492 e. The summed E-state index contributed by atoms with van der Waals surface area (Å²) in [6, 6.07) is 8.61. The van der Waals surface area contributed by atoms with Crippen LogP contribution < -0.4 is 10.2 Å². The van der Waals surface area contributed by atoms with Crippen LogP contribution in [0.15, 0.2) is 36.5 Å². The molecular weight excluding hydrogens is 231 g/mol. The first kappa shape index (κ1) is 12.7. The second-order valence-corrected chi connectivity index (χ2v) is 4.01. The molecule has 0 bridgehead atoms. The van der Waals surface area contributed by atoms with Crippen molar-refractivity contribution in [3.05, 3.63) is 42.2 Å². The third-order valence-electron chi connectivity index (χ3n) is 2.54. The van der Waals surface area contributed by atoms with Gasteiger partial charge in [-0.3, -0.25) is 4.68 Å². The van der Waals surface area contributed by atoms with Gasteiger partial charge >= 0.3 is 7.12 Å². The van der Waals surface area contributed by atoms with Gasteiger partial charge in [0.25, 0.3) is 0 Å². The molecule has 94 valence electrons. The maximum absolute atomic E-state index is 8.94. The summed E-state index contributed by atoms with van der Waals surface area (Å²) in [5.74, 6) is 0.697. The summed E-state index contributed by atoms with van der Waals surface area (Å²) in [6.07, 6.45) is 1.91. The van der Waals surface area contributed by atoms with Gasteiger partial charge < -0.3 is 14.8 Å². The smallest absolute Gasteiger partial charge is 0.488 e. The van der Waals surface area contributed by atoms with E-state index >= 15 is 0 Å². The third-order valence-corrected chi connectivity index (χ3v) is 2.54. The fourth-order valence-corrected chi connectivity index (χ4v) is 1.58. The van der Waals surface area contributed by atoms with Crippen molar-refractivity contribution in [1.29, 1.82) is 0 Å². The molecule has 2 aromatic rings. The number of ether oxygens (including phenoxy) is 1. The Morgan fingerprint density at radius 3 is 2.50 bits per heavy atom. The molecule has 0 saturated carbocycles. The van der Waals surface area contributed by atoms with Crippen LogP contribution in [0.4, 0.5) is 0 Å². The molecule has 0 unspecified atom stereocenters. The lowest BCUT2D eigenvalue weighted by molar-refractivity contribution is 0.291. The summed E-state index contributed by atoms with van der Waals surface area (Å²) in [6.45, 7) is 3.14. The molecule has 0 aliphatic rings. The molecule has 0 fully saturated rings. The van der Waals surface area contributed by atoms with Gasteiger partial charge in [-0.2, -0.15) is 5.10 Å². The lowest BCUT2D eigenvalue weighted by atomic mass is 9.80. The molecule has 1 heterocycles. The molecule has 18 heavy (non-hydrogen) atoms. The lowest BCUT2D eigenvalue weighted by Crippen LogP contribution is -2.29. The van der Waals surface area contributed by atoms with E-state index in [1.54, 1.807) is 24.3 Å². The Labute approximate surface area is 106 Å². The summed E-state index contributed by atoms with van der Waals surface area (Å²) in [5.41, 5.74) is 1.43. The van der Waals surface area contributed by atoms with Crippen molar-refractivity contribution in [2.24, 2.45) is 0 Å². The zero-order chi connectivity index (χ0) is 13.0. The number of aryl methyl sites for hydroxylation is 1. The van der Waals surface area contributed by atoms with E-state index in [0.29, 0.717) is 24.4 Å². The lowest BCUT2D eigenvalue weighted by Gasteiger charge is -2.07. The second-order valence-electron chi connectivity index (χ2n) is 4.01. The van der Waals surface area contributed by atoms with Crippen LogP contribution in [0.1, 0.15) is 5.69 Å². The van der Waals surface area contributed by atoms with Crippen LogP contribution in [0.3, 0.4) is 0 Å². The highest BCUT2D eigenvalue weighted by Gasteiger charge is 2.09. The summed E-state index contributed by atoms with van der Waals surface area (Å²) in [7, 11) is -1.44. The zero-order valence-corrected chi connectivity index (χ0v) is 10.2. The van der Waals surface area contributed by atoms with Crippen molar-refractivity contribution in [3.8, 4) is 5.75 Å². The molecule has 0 spiro atoms. The SMILES string of the molecule is Cc1ccn(CCOc2ccc(B(O)O)cc2)n1. The molecule has 0 radical (unpaired) electrons. The van der Waals surface area contributed by atoms with E-state index in [1.165, 1.54) is 0 Å². The Kier molecular flexibility index (Phi) is 4.01. The number of nitrogens with zero attached hydrogens (tertiary/aromatic N) is 2. The monoisotopic (exact) mass is 246 g/mol. The molecule has 0 atom stereocenters. The maximum atomic E-state index is 8.94. The Morgan fingerprint density at radius 1 is 1.22 bits per heavy atom. The van der Waals surface area contributed by atoms with Crippen LogP contribution >= 0.6 is 0 Å². The predicted molar refractivity (Wildman–Crippen MR) is 68.7 cm³/mol. The first-order valence-corrected chi connectivity index (χ1v) is 5.74. The highest BCUT2D eigenvalue weighted by molar-refractivity contribution is 6.58. The summed E-state index contributed by atoms with van der Waals surface area (Å²) >= 11 is 0. The molecule has 0 saturated heterocycles. The Bertz CT molecular complexity index is 496. The topological polar surface area (TPSA) is 67.5 Å². The van der Waals surface area contributed by atoms with Crippen LogP contribution in [0, 0.1) is 6.92 Å². The normalized spacial score (nSPS) is 10.4. The Morgan fingerprint density at radius 2 is 1.94 bits per heavy atom. The average molecular weight is 246 g/mol. The minimum Gasteiger partial charge on any atom is -0.492 e. The first-order valence-electron chi connectivity index (χ1n) is 5.74. The molecule has 6 heteroatoms. The van der Waals surface area contributed by atoms with Gasteiger partial charge in [-0.15, -0.1) is 0 Å². The van der Waals surface area contributed by atoms with Gasteiger partial charge in [0, 0.05) is 6.20 Å². The van der Waals surface area contributed by atoms with Crippen molar-refractivity contribution in [1.82, 2.24) is 9.78 Å². The van der Waals surface area contributed by atoms with E-state index < -0.39 is 7.12 Å². The van der Waals surface area contributed by atoms with Crippen molar-refractivity contribution in [2.75, 3.05) is 6.61 Å². The number of hydrogen-bond acceptors (Lipinski definition) is 4. The van der Waals surface area contributed by atoms with E-state index in [0.717, 1.165) is 5.69 Å². The highest BCUT2D eigenvalue weighted by atomic mass is 16.5. The first-order chi connectivity index (χ1) is 8.65. The van der Waals surface area contributed by atoms with Crippen LogP contribution in [0.5, 0.6) is 5.75 Å². The van der Waals surface area contributed by atoms with Gasteiger partial charge in [0.2, 0.25) is 0 Å². The maximum Gasteiger partial charge on any atom is 0.488 e. The van der Waals surface area contributed by atoms with Crippen LogP contribution in [-0.4, -0.2) is 33.6 Å². The minimum absolute atomic E-state index is 0.449. The van der Waals surface area contributed by atoms with Gasteiger partial charge in [0.05, 0.1) is 12.2 Å². The number of hydrogen-bond donors (Lipinski definition) is 2. The number of rotatable bonds is 5. The molecule has 1 aromatic heterocycles. The van der Waals surface area contributed by atoms with Gasteiger partial charge in [0.15, 0.2) is 0 Å². The van der Waals surface area contributed by atoms with Crippen molar-refractivity contribution in [3.63, 3.8) is 0 Å². The summed E-state index contributed by atoms with van der Waals surface area (Å²) in [4.78, 5) is 0. The standard InChI is InChI=1S/C12H15BN2O3/c1-10-6-7-15(14-10)8-9-18-12-4-2-11(3-5-12)13(16)17/h2-7,16-17H,8-9H2,1H3. The van der Waals surface area contributed by atoms with E-state index in [2.05, 4.69) is 5.10 Å². The van der Waals surface area contributed by atoms with Crippen molar-refractivity contribution in [2.45, 2.75) is 13.5 Å². The van der Waals surface area contributed by atoms with Crippen molar-refractivity contribution < 1.29 is 14.8 Å². The van der Waals surface area contributed by atoms with E-state index in [-0.39, 0.29) is 0 Å². The van der Waals surface area contributed by atoms with E-state index in [9.17, 15) is 0 Å². The molecule has 2 N–H and O–H groups in total. The minimum atomic E-state index is -1.44. The van der Waals surface area contributed by atoms with E-state index in [4.69, 9.17) is 14.8 Å². The molecular formula is C12H15BN2O3. The predicted octanol–water partition coefficient (Wildman–Crippen LogP) is -0.0497. The summed E-state index contributed by atoms with van der Waals surface area (Å²) in [5, 5.41) is 22.1. The fraction of sp³-hybridized carbons (Fsp3) is 0.250. The Hall–Kier alpha value is -1.79. The van der Waals surface area contributed by atoms with Gasteiger partial charge in [0.1, 0.15) is 12.4 Å². The van der Waals surface area contributed by atoms with Gasteiger partial charge in [-0.25, -0.2) is 0 Å². The number of aromatic nitrogens is 2. The second kappa shape index (κ2) is 5.70. The molecule has 0 amide bonds.